The number of alkyl halides is 3. The van der Waals surface area contributed by atoms with Crippen LogP contribution in [-0.4, -0.2) is 23.6 Å². The molecule has 0 saturated heterocycles. The Hall–Kier alpha value is -2.13. The highest BCUT2D eigenvalue weighted by Crippen LogP contribution is 2.28. The number of aromatic nitrogens is 1. The van der Waals surface area contributed by atoms with E-state index in [0.29, 0.717) is 21.5 Å². The summed E-state index contributed by atoms with van der Waals surface area (Å²) in [5, 5.41) is 10.8. The SMILES string of the molecule is N=C(CN)c1c(Br)ccnc1Nc1ccc(OC(F)(F)F)cc1. The molecule has 0 fully saturated rings. The maximum atomic E-state index is 12.1. The molecule has 1 aromatic heterocycles. The fourth-order valence-corrected chi connectivity index (χ4v) is 2.34. The maximum absolute atomic E-state index is 12.1. The lowest BCUT2D eigenvalue weighted by molar-refractivity contribution is -0.274. The average Bonchev–Trinajstić information content (AvgIpc) is 2.47. The normalized spacial score (nSPS) is 11.2. The molecule has 0 atom stereocenters. The Morgan fingerprint density at radius 2 is 1.91 bits per heavy atom. The van der Waals surface area contributed by atoms with Crippen LogP contribution in [0, 0.1) is 5.41 Å². The summed E-state index contributed by atoms with van der Waals surface area (Å²) in [7, 11) is 0. The molecule has 5 nitrogen and oxygen atoms in total. The van der Waals surface area contributed by atoms with Crippen LogP contribution in [0.5, 0.6) is 5.75 Å². The van der Waals surface area contributed by atoms with Crippen molar-refractivity contribution in [3.05, 3.63) is 46.6 Å². The van der Waals surface area contributed by atoms with Crippen molar-refractivity contribution in [2.24, 2.45) is 5.73 Å². The molecular formula is C14H12BrF3N4O. The first-order valence-corrected chi connectivity index (χ1v) is 7.14. The summed E-state index contributed by atoms with van der Waals surface area (Å²) in [4.78, 5) is 4.14. The summed E-state index contributed by atoms with van der Waals surface area (Å²) in [6.45, 7) is 0.0251. The van der Waals surface area contributed by atoms with E-state index in [1.807, 2.05) is 0 Å². The minimum absolute atomic E-state index is 0.0251. The summed E-state index contributed by atoms with van der Waals surface area (Å²) in [6.07, 6.45) is -3.20. The molecule has 0 aliphatic rings. The Morgan fingerprint density at radius 3 is 2.48 bits per heavy atom. The van der Waals surface area contributed by atoms with Crippen molar-refractivity contribution in [2.75, 3.05) is 11.9 Å². The third kappa shape index (κ3) is 4.67. The molecule has 0 aliphatic heterocycles. The second-order valence-electron chi connectivity index (χ2n) is 4.40. The number of hydrogen-bond donors (Lipinski definition) is 3. The summed E-state index contributed by atoms with van der Waals surface area (Å²) < 4.78 is 40.8. The fraction of sp³-hybridized carbons (Fsp3) is 0.143. The lowest BCUT2D eigenvalue weighted by Gasteiger charge is -2.13. The van der Waals surface area contributed by atoms with E-state index in [0.717, 1.165) is 0 Å². The van der Waals surface area contributed by atoms with E-state index in [-0.39, 0.29) is 18.0 Å². The highest BCUT2D eigenvalue weighted by molar-refractivity contribution is 9.10. The van der Waals surface area contributed by atoms with E-state index in [1.54, 1.807) is 6.07 Å². The zero-order valence-corrected chi connectivity index (χ0v) is 13.2. The molecule has 2 aromatic rings. The number of ether oxygens (including phenoxy) is 1. The van der Waals surface area contributed by atoms with Crippen molar-refractivity contribution in [2.45, 2.75) is 6.36 Å². The Kier molecular flexibility index (Phi) is 5.22. The number of rotatable bonds is 5. The molecule has 0 spiro atoms. The van der Waals surface area contributed by atoms with Crippen molar-refractivity contribution in [1.82, 2.24) is 4.98 Å². The molecular weight excluding hydrogens is 377 g/mol. The van der Waals surface area contributed by atoms with Gasteiger partial charge in [0.25, 0.3) is 0 Å². The third-order valence-corrected chi connectivity index (χ3v) is 3.42. The summed E-state index contributed by atoms with van der Waals surface area (Å²) in [5.74, 6) is 0.0551. The van der Waals surface area contributed by atoms with Crippen molar-refractivity contribution in [3.63, 3.8) is 0 Å². The van der Waals surface area contributed by atoms with Crippen LogP contribution in [-0.2, 0) is 0 Å². The first-order chi connectivity index (χ1) is 10.8. The topological polar surface area (TPSA) is 84.0 Å². The lowest BCUT2D eigenvalue weighted by atomic mass is 10.1. The Labute approximate surface area is 138 Å². The molecule has 4 N–H and O–H groups in total. The van der Waals surface area contributed by atoms with Gasteiger partial charge in [0.1, 0.15) is 11.6 Å². The fourth-order valence-electron chi connectivity index (χ4n) is 1.80. The van der Waals surface area contributed by atoms with Crippen molar-refractivity contribution < 1.29 is 17.9 Å². The van der Waals surface area contributed by atoms with Crippen LogP contribution >= 0.6 is 15.9 Å². The highest BCUT2D eigenvalue weighted by Gasteiger charge is 2.30. The van der Waals surface area contributed by atoms with E-state index >= 15 is 0 Å². The number of nitrogens with one attached hydrogen (secondary N) is 2. The van der Waals surface area contributed by atoms with Crippen LogP contribution in [0.3, 0.4) is 0 Å². The van der Waals surface area contributed by atoms with Gasteiger partial charge in [-0.25, -0.2) is 4.98 Å². The van der Waals surface area contributed by atoms with Gasteiger partial charge in [-0.2, -0.15) is 0 Å². The number of anilines is 2. The Bertz CT molecular complexity index is 704. The van der Waals surface area contributed by atoms with E-state index in [4.69, 9.17) is 11.1 Å². The maximum Gasteiger partial charge on any atom is 0.573 e. The average molecular weight is 389 g/mol. The first-order valence-electron chi connectivity index (χ1n) is 6.35. The molecule has 9 heteroatoms. The zero-order valence-electron chi connectivity index (χ0n) is 11.6. The van der Waals surface area contributed by atoms with Crippen LogP contribution in [0.25, 0.3) is 0 Å². The monoisotopic (exact) mass is 388 g/mol. The molecule has 0 unspecified atom stereocenters. The Balaban J connectivity index is 2.23. The minimum atomic E-state index is -4.73. The number of benzene rings is 1. The number of nitrogens with two attached hydrogens (primary N) is 1. The van der Waals surface area contributed by atoms with Crippen LogP contribution < -0.4 is 15.8 Å². The van der Waals surface area contributed by atoms with E-state index in [9.17, 15) is 13.2 Å². The van der Waals surface area contributed by atoms with E-state index in [2.05, 4.69) is 31.0 Å². The molecule has 0 aliphatic carbocycles. The molecule has 2 rings (SSSR count). The predicted molar refractivity (Wildman–Crippen MR) is 84.2 cm³/mol. The number of halogens is 4. The number of pyridine rings is 1. The molecule has 0 bridgehead atoms. The van der Waals surface area contributed by atoms with Gasteiger partial charge < -0.3 is 21.2 Å². The summed E-state index contributed by atoms with van der Waals surface area (Å²) >= 11 is 3.33. The van der Waals surface area contributed by atoms with E-state index < -0.39 is 6.36 Å². The van der Waals surface area contributed by atoms with Crippen molar-refractivity contribution >= 4 is 33.1 Å². The van der Waals surface area contributed by atoms with Gasteiger partial charge in [0, 0.05) is 22.9 Å². The second kappa shape index (κ2) is 6.97. The smallest absolute Gasteiger partial charge is 0.406 e. The minimum Gasteiger partial charge on any atom is -0.406 e. The van der Waals surface area contributed by atoms with Gasteiger partial charge in [-0.1, -0.05) is 0 Å². The molecule has 1 heterocycles. The van der Waals surface area contributed by atoms with Gasteiger partial charge in [0.05, 0.1) is 11.3 Å². The van der Waals surface area contributed by atoms with Gasteiger partial charge >= 0.3 is 6.36 Å². The van der Waals surface area contributed by atoms with Gasteiger partial charge in [0.2, 0.25) is 0 Å². The standard InChI is InChI=1S/C14H12BrF3N4O/c15-10-5-6-21-13(12(10)11(20)7-19)22-8-1-3-9(4-2-8)23-14(16,17)18/h1-6,20H,7,19H2,(H,21,22). The quantitative estimate of drug-likeness (QED) is 0.679. The molecule has 1 aromatic carbocycles. The second-order valence-corrected chi connectivity index (χ2v) is 5.25. The van der Waals surface area contributed by atoms with Crippen LogP contribution in [0.15, 0.2) is 41.0 Å². The third-order valence-electron chi connectivity index (χ3n) is 2.76. The molecule has 0 amide bonds. The van der Waals surface area contributed by atoms with Gasteiger partial charge in [-0.3, -0.25) is 0 Å². The zero-order chi connectivity index (χ0) is 17.0. The van der Waals surface area contributed by atoms with Crippen LogP contribution in [0.1, 0.15) is 5.56 Å². The summed E-state index contributed by atoms with van der Waals surface area (Å²) in [5.41, 5.74) is 6.65. The van der Waals surface area contributed by atoms with Gasteiger partial charge in [-0.15, -0.1) is 13.2 Å². The summed E-state index contributed by atoms with van der Waals surface area (Å²) in [6, 6.07) is 6.87. The van der Waals surface area contributed by atoms with Gasteiger partial charge in [0.15, 0.2) is 0 Å². The molecule has 122 valence electrons. The number of nitrogens with zero attached hydrogens (tertiary/aromatic N) is 1. The van der Waals surface area contributed by atoms with Crippen LogP contribution in [0.2, 0.25) is 0 Å². The number of hydrogen-bond acceptors (Lipinski definition) is 5. The molecule has 0 radical (unpaired) electrons. The van der Waals surface area contributed by atoms with Crippen molar-refractivity contribution in [1.29, 1.82) is 5.41 Å². The molecule has 23 heavy (non-hydrogen) atoms. The first kappa shape index (κ1) is 17.2. The predicted octanol–water partition coefficient (Wildman–Crippen LogP) is 3.81. The largest absolute Gasteiger partial charge is 0.573 e. The van der Waals surface area contributed by atoms with Crippen LogP contribution in [0.4, 0.5) is 24.7 Å². The lowest BCUT2D eigenvalue weighted by Crippen LogP contribution is -2.17. The van der Waals surface area contributed by atoms with Crippen molar-refractivity contribution in [3.8, 4) is 5.75 Å². The Morgan fingerprint density at radius 1 is 1.26 bits per heavy atom. The van der Waals surface area contributed by atoms with Gasteiger partial charge in [-0.05, 0) is 46.3 Å². The highest BCUT2D eigenvalue weighted by atomic mass is 79.9. The molecule has 0 saturated carbocycles. The van der Waals surface area contributed by atoms with E-state index in [1.165, 1.54) is 30.5 Å².